The number of amides is 1. The minimum Gasteiger partial charge on any atom is -0.465 e. The molecule has 5 nitrogen and oxygen atoms in total. The standard InChI is InChI=1S/C16H26N2O3S2Si/c1-16(2,3)24(4,5)21-9-12-7-6-11(8-18(12)15(19)20)13-10-23-14(22)17-13/h6,10,12H,7-9H2,1-5H3,(H,17,22)(H,19,20)/t12-/m1/s1. The molecule has 0 unspecified atom stereocenters. The topological polar surface area (TPSA) is 62.7 Å². The predicted molar refractivity (Wildman–Crippen MR) is 104 cm³/mol. The first-order valence-corrected chi connectivity index (χ1v) is 12.2. The molecule has 1 aliphatic heterocycles. The van der Waals surface area contributed by atoms with E-state index in [-0.39, 0.29) is 11.1 Å². The van der Waals surface area contributed by atoms with Gasteiger partial charge in [0, 0.05) is 5.38 Å². The molecule has 134 valence electrons. The fourth-order valence-corrected chi connectivity index (χ4v) is 4.16. The molecule has 1 aliphatic rings. The van der Waals surface area contributed by atoms with Gasteiger partial charge < -0.3 is 9.53 Å². The zero-order valence-corrected chi connectivity index (χ0v) is 17.6. The largest absolute Gasteiger partial charge is 0.465 e. The third-order valence-electron chi connectivity index (χ3n) is 4.93. The zero-order chi connectivity index (χ0) is 18.1. The molecule has 1 aromatic rings. The van der Waals surface area contributed by atoms with E-state index in [1.54, 1.807) is 0 Å². The molecule has 0 aromatic carbocycles. The average molecular weight is 387 g/mol. The Morgan fingerprint density at radius 2 is 2.21 bits per heavy atom. The first-order valence-electron chi connectivity index (χ1n) is 7.98. The van der Waals surface area contributed by atoms with Crippen LogP contribution in [0, 0.1) is 0 Å². The van der Waals surface area contributed by atoms with Crippen molar-refractivity contribution in [2.75, 3.05) is 13.2 Å². The third-order valence-corrected chi connectivity index (χ3v) is 10.5. The van der Waals surface area contributed by atoms with Crippen LogP contribution in [0.25, 0.3) is 5.57 Å². The molecule has 8 heteroatoms. The van der Waals surface area contributed by atoms with Gasteiger partial charge >= 0.3 is 6.09 Å². The van der Waals surface area contributed by atoms with Crippen LogP contribution < -0.4 is 0 Å². The van der Waals surface area contributed by atoms with E-state index in [1.165, 1.54) is 16.2 Å². The second kappa shape index (κ2) is 7.19. The highest BCUT2D eigenvalue weighted by atomic mass is 32.2. The number of carbonyl (C=O) groups is 1. The van der Waals surface area contributed by atoms with Crippen molar-refractivity contribution in [2.24, 2.45) is 0 Å². The molecule has 0 saturated carbocycles. The monoisotopic (exact) mass is 386 g/mol. The number of thiazole rings is 1. The molecular formula is C16H26N2O3S2Si. The smallest absolute Gasteiger partial charge is 0.407 e. The molecule has 1 N–H and O–H groups in total. The number of thiol groups is 1. The van der Waals surface area contributed by atoms with E-state index < -0.39 is 14.4 Å². The van der Waals surface area contributed by atoms with Crippen LogP contribution in [0.2, 0.25) is 18.1 Å². The maximum absolute atomic E-state index is 11.7. The first kappa shape index (κ1) is 19.5. The maximum Gasteiger partial charge on any atom is 0.407 e. The van der Waals surface area contributed by atoms with Crippen LogP contribution >= 0.6 is 24.0 Å². The van der Waals surface area contributed by atoms with Gasteiger partial charge in [-0.1, -0.05) is 26.8 Å². The number of rotatable bonds is 4. The summed E-state index contributed by atoms with van der Waals surface area (Å²) < 4.78 is 6.93. The molecule has 24 heavy (non-hydrogen) atoms. The van der Waals surface area contributed by atoms with Crippen LogP contribution in [0.15, 0.2) is 15.8 Å². The number of carboxylic acid groups (broad SMARTS) is 1. The Bertz CT molecular complexity index is 638. The van der Waals surface area contributed by atoms with E-state index in [4.69, 9.17) is 4.43 Å². The summed E-state index contributed by atoms with van der Waals surface area (Å²) in [6.07, 6.45) is 1.82. The summed E-state index contributed by atoms with van der Waals surface area (Å²) >= 11 is 5.68. The summed E-state index contributed by atoms with van der Waals surface area (Å²) in [5.74, 6) is 0. The second-order valence-corrected chi connectivity index (χ2v) is 14.0. The molecule has 1 atom stereocenters. The van der Waals surface area contributed by atoms with Gasteiger partial charge in [0.05, 0.1) is 24.9 Å². The van der Waals surface area contributed by atoms with Crippen molar-refractivity contribution in [1.29, 1.82) is 0 Å². The Balaban J connectivity index is 2.10. The lowest BCUT2D eigenvalue weighted by atomic mass is 10.0. The minimum absolute atomic E-state index is 0.111. The van der Waals surface area contributed by atoms with Crippen LogP contribution in [-0.2, 0) is 4.43 Å². The van der Waals surface area contributed by atoms with E-state index in [9.17, 15) is 9.90 Å². The molecule has 2 rings (SSSR count). The van der Waals surface area contributed by atoms with Gasteiger partial charge in [0.2, 0.25) is 0 Å². The van der Waals surface area contributed by atoms with Gasteiger partial charge in [-0.3, -0.25) is 4.90 Å². The Morgan fingerprint density at radius 3 is 2.71 bits per heavy atom. The van der Waals surface area contributed by atoms with Crippen LogP contribution in [0.1, 0.15) is 32.9 Å². The first-order chi connectivity index (χ1) is 11.0. The van der Waals surface area contributed by atoms with Gasteiger partial charge in [-0.25, -0.2) is 9.78 Å². The fourth-order valence-electron chi connectivity index (χ4n) is 2.28. The lowest BCUT2D eigenvalue weighted by molar-refractivity contribution is 0.106. The van der Waals surface area contributed by atoms with Crippen LogP contribution in [-0.4, -0.2) is 48.6 Å². The lowest BCUT2D eigenvalue weighted by Crippen LogP contribution is -2.49. The molecule has 2 heterocycles. The summed E-state index contributed by atoms with van der Waals surface area (Å²) in [5, 5.41) is 11.6. The van der Waals surface area contributed by atoms with Crippen molar-refractivity contribution in [2.45, 2.75) is 55.7 Å². The lowest BCUT2D eigenvalue weighted by Gasteiger charge is -2.39. The SMILES string of the molecule is CC(C)(C)[Si](C)(C)OC[C@H]1CC=C(c2csc(S)n2)CN1C(=O)O. The molecule has 0 radical (unpaired) electrons. The highest BCUT2D eigenvalue weighted by molar-refractivity contribution is 7.82. The molecule has 1 aromatic heterocycles. The summed E-state index contributed by atoms with van der Waals surface area (Å²) in [6, 6.07) is -0.144. The van der Waals surface area contributed by atoms with Crippen LogP contribution in [0.3, 0.4) is 0 Å². The second-order valence-electron chi connectivity index (χ2n) is 7.62. The van der Waals surface area contributed by atoms with Gasteiger partial charge in [-0.05, 0) is 30.1 Å². The fraction of sp³-hybridized carbons (Fsp3) is 0.625. The summed E-state index contributed by atoms with van der Waals surface area (Å²) in [7, 11) is -1.89. The highest BCUT2D eigenvalue weighted by Gasteiger charge is 2.39. The van der Waals surface area contributed by atoms with Crippen molar-refractivity contribution in [3.63, 3.8) is 0 Å². The van der Waals surface area contributed by atoms with Crippen molar-refractivity contribution in [3.8, 4) is 0 Å². The average Bonchev–Trinajstić information content (AvgIpc) is 2.90. The van der Waals surface area contributed by atoms with Crippen LogP contribution in [0.4, 0.5) is 4.79 Å². The van der Waals surface area contributed by atoms with Gasteiger partial charge in [-0.15, -0.1) is 24.0 Å². The third kappa shape index (κ3) is 4.41. The Labute approximate surface area is 154 Å². The van der Waals surface area contributed by atoms with Crippen molar-refractivity contribution in [3.05, 3.63) is 17.2 Å². The predicted octanol–water partition coefficient (Wildman–Crippen LogP) is 4.59. The van der Waals surface area contributed by atoms with Gasteiger partial charge in [0.25, 0.3) is 0 Å². The van der Waals surface area contributed by atoms with E-state index in [1.807, 2.05) is 5.38 Å². The molecule has 0 saturated heterocycles. The molecule has 0 fully saturated rings. The molecule has 1 amide bonds. The van der Waals surface area contributed by atoms with Crippen LogP contribution in [0.5, 0.6) is 0 Å². The number of hydrogen-bond donors (Lipinski definition) is 2. The number of aromatic nitrogens is 1. The van der Waals surface area contributed by atoms with Crippen molar-refractivity contribution in [1.82, 2.24) is 9.88 Å². The highest BCUT2D eigenvalue weighted by Crippen LogP contribution is 2.37. The van der Waals surface area contributed by atoms with Crippen molar-refractivity contribution < 1.29 is 14.3 Å². The molecule has 0 aliphatic carbocycles. The van der Waals surface area contributed by atoms with Crippen molar-refractivity contribution >= 4 is 43.9 Å². The van der Waals surface area contributed by atoms with Gasteiger partial charge in [0.15, 0.2) is 8.32 Å². The van der Waals surface area contributed by atoms with E-state index >= 15 is 0 Å². The van der Waals surface area contributed by atoms with Gasteiger partial charge in [0.1, 0.15) is 4.34 Å². The number of hydrogen-bond acceptors (Lipinski definition) is 5. The molecule has 0 spiro atoms. The zero-order valence-electron chi connectivity index (χ0n) is 14.9. The number of nitrogens with zero attached hydrogens (tertiary/aromatic N) is 2. The normalized spacial score (nSPS) is 19.3. The molecular weight excluding hydrogens is 360 g/mol. The summed E-state index contributed by atoms with van der Waals surface area (Å²) in [5.41, 5.74) is 1.76. The van der Waals surface area contributed by atoms with E-state index in [2.05, 4.69) is 57.6 Å². The molecule has 0 bridgehead atoms. The Kier molecular flexibility index (Phi) is 5.84. The van der Waals surface area contributed by atoms with Gasteiger partial charge in [-0.2, -0.15) is 0 Å². The summed E-state index contributed by atoms with van der Waals surface area (Å²) in [6.45, 7) is 11.7. The minimum atomic E-state index is -1.89. The maximum atomic E-state index is 11.7. The quantitative estimate of drug-likeness (QED) is 0.587. The van der Waals surface area contributed by atoms with E-state index in [0.717, 1.165) is 11.3 Å². The Morgan fingerprint density at radius 1 is 1.54 bits per heavy atom. The summed E-state index contributed by atoms with van der Waals surface area (Å²) in [4.78, 5) is 17.5. The van der Waals surface area contributed by atoms with E-state index in [0.29, 0.717) is 23.9 Å². The Hall–Kier alpha value is -0.833.